The Bertz CT molecular complexity index is 507. The molecule has 94 valence electrons. The summed E-state index contributed by atoms with van der Waals surface area (Å²) in [5.41, 5.74) is 1.69. The summed E-state index contributed by atoms with van der Waals surface area (Å²) in [6.45, 7) is 1.74. The Morgan fingerprint density at radius 2 is 1.89 bits per heavy atom. The van der Waals surface area contributed by atoms with Crippen molar-refractivity contribution in [3.05, 3.63) is 36.7 Å². The van der Waals surface area contributed by atoms with Gasteiger partial charge in [0.15, 0.2) is 0 Å². The zero-order chi connectivity index (χ0) is 13.0. The van der Waals surface area contributed by atoms with Gasteiger partial charge in [-0.05, 0) is 31.2 Å². The van der Waals surface area contributed by atoms with Crippen LogP contribution in [0.1, 0.15) is 6.92 Å². The summed E-state index contributed by atoms with van der Waals surface area (Å²) in [5, 5.41) is 11.1. The molecule has 0 aliphatic carbocycles. The van der Waals surface area contributed by atoms with Crippen molar-refractivity contribution < 1.29 is 9.53 Å². The Morgan fingerprint density at radius 1 is 1.28 bits per heavy atom. The van der Waals surface area contributed by atoms with Gasteiger partial charge in [0.1, 0.15) is 6.04 Å². The minimum Gasteiger partial charge on any atom is -0.467 e. The predicted molar refractivity (Wildman–Crippen MR) is 66.5 cm³/mol. The van der Waals surface area contributed by atoms with Crippen molar-refractivity contribution in [2.45, 2.75) is 13.0 Å². The van der Waals surface area contributed by atoms with Crippen LogP contribution in [0.25, 0.3) is 5.69 Å². The van der Waals surface area contributed by atoms with Gasteiger partial charge in [-0.1, -0.05) is 0 Å². The van der Waals surface area contributed by atoms with Crippen LogP contribution in [0.15, 0.2) is 36.7 Å². The molecule has 0 aliphatic rings. The summed E-state index contributed by atoms with van der Waals surface area (Å²) >= 11 is 0. The SMILES string of the molecule is COC(=O)C(C)Nc1ccc(-n2nccn2)cc1. The van der Waals surface area contributed by atoms with Crippen LogP contribution in [-0.4, -0.2) is 34.1 Å². The molecule has 1 aromatic carbocycles. The van der Waals surface area contributed by atoms with E-state index in [-0.39, 0.29) is 12.0 Å². The standard InChI is InChI=1S/C12H14N4O2/c1-9(12(17)18-2)15-10-3-5-11(6-4-10)16-13-7-8-14-16/h3-9,15H,1-2H3. The topological polar surface area (TPSA) is 69.0 Å². The van der Waals surface area contributed by atoms with Gasteiger partial charge in [-0.3, -0.25) is 0 Å². The van der Waals surface area contributed by atoms with E-state index >= 15 is 0 Å². The Balaban J connectivity index is 2.06. The highest BCUT2D eigenvalue weighted by Gasteiger charge is 2.12. The maximum absolute atomic E-state index is 11.3. The number of aromatic nitrogens is 3. The number of ether oxygens (including phenoxy) is 1. The first-order valence-electron chi connectivity index (χ1n) is 5.52. The lowest BCUT2D eigenvalue weighted by Crippen LogP contribution is -2.27. The molecule has 0 radical (unpaired) electrons. The van der Waals surface area contributed by atoms with Crippen molar-refractivity contribution in [1.82, 2.24) is 15.0 Å². The van der Waals surface area contributed by atoms with Crippen LogP contribution < -0.4 is 5.32 Å². The first kappa shape index (κ1) is 12.1. The molecule has 1 unspecified atom stereocenters. The van der Waals surface area contributed by atoms with Crippen molar-refractivity contribution >= 4 is 11.7 Å². The Morgan fingerprint density at radius 3 is 2.44 bits per heavy atom. The van der Waals surface area contributed by atoms with Crippen LogP contribution in [0.2, 0.25) is 0 Å². The Hall–Kier alpha value is -2.37. The number of nitrogens with zero attached hydrogens (tertiary/aromatic N) is 3. The Labute approximate surface area is 105 Å². The number of carbonyl (C=O) groups is 1. The molecular formula is C12H14N4O2. The van der Waals surface area contributed by atoms with Gasteiger partial charge >= 0.3 is 5.97 Å². The second kappa shape index (κ2) is 5.31. The predicted octanol–water partition coefficient (Wildman–Crippen LogP) is 1.24. The molecule has 2 aromatic rings. The molecule has 1 aromatic heterocycles. The van der Waals surface area contributed by atoms with Crippen LogP contribution in [-0.2, 0) is 9.53 Å². The monoisotopic (exact) mass is 246 g/mol. The maximum atomic E-state index is 11.3. The summed E-state index contributed by atoms with van der Waals surface area (Å²) in [4.78, 5) is 12.8. The summed E-state index contributed by atoms with van der Waals surface area (Å²) in [6, 6.07) is 7.07. The minimum absolute atomic E-state index is 0.298. The van der Waals surface area contributed by atoms with E-state index in [2.05, 4.69) is 20.3 Å². The molecule has 2 rings (SSSR count). The molecule has 1 N–H and O–H groups in total. The number of hydrogen-bond acceptors (Lipinski definition) is 5. The number of anilines is 1. The normalized spacial score (nSPS) is 11.9. The smallest absolute Gasteiger partial charge is 0.327 e. The molecule has 1 atom stereocenters. The highest BCUT2D eigenvalue weighted by atomic mass is 16.5. The van der Waals surface area contributed by atoms with E-state index in [1.54, 1.807) is 19.3 Å². The van der Waals surface area contributed by atoms with Gasteiger partial charge < -0.3 is 10.1 Å². The first-order chi connectivity index (χ1) is 8.70. The first-order valence-corrected chi connectivity index (χ1v) is 5.52. The van der Waals surface area contributed by atoms with Crippen LogP contribution >= 0.6 is 0 Å². The van der Waals surface area contributed by atoms with Gasteiger partial charge in [0.25, 0.3) is 0 Å². The number of benzene rings is 1. The molecule has 0 bridgehead atoms. The van der Waals surface area contributed by atoms with Crippen LogP contribution in [0.3, 0.4) is 0 Å². The van der Waals surface area contributed by atoms with E-state index in [0.29, 0.717) is 0 Å². The van der Waals surface area contributed by atoms with Crippen molar-refractivity contribution in [2.24, 2.45) is 0 Å². The van der Waals surface area contributed by atoms with Gasteiger partial charge in [-0.25, -0.2) is 4.79 Å². The van der Waals surface area contributed by atoms with Crippen LogP contribution in [0, 0.1) is 0 Å². The fraction of sp³-hybridized carbons (Fsp3) is 0.250. The summed E-state index contributed by atoms with van der Waals surface area (Å²) in [6.07, 6.45) is 3.23. The summed E-state index contributed by atoms with van der Waals surface area (Å²) < 4.78 is 4.64. The molecule has 0 saturated heterocycles. The fourth-order valence-corrected chi connectivity index (χ4v) is 1.53. The Kier molecular flexibility index (Phi) is 3.57. The molecule has 1 heterocycles. The summed E-state index contributed by atoms with van der Waals surface area (Å²) in [7, 11) is 1.37. The van der Waals surface area contributed by atoms with Gasteiger partial charge in [-0.2, -0.15) is 15.0 Å². The number of rotatable bonds is 4. The number of esters is 1. The van der Waals surface area contributed by atoms with Crippen molar-refractivity contribution in [3.63, 3.8) is 0 Å². The highest BCUT2D eigenvalue weighted by molar-refractivity contribution is 5.78. The van der Waals surface area contributed by atoms with E-state index < -0.39 is 0 Å². The molecule has 0 aliphatic heterocycles. The molecule has 0 amide bonds. The average Bonchev–Trinajstić information content (AvgIpc) is 2.92. The van der Waals surface area contributed by atoms with E-state index in [9.17, 15) is 4.79 Å². The molecule has 6 nitrogen and oxygen atoms in total. The zero-order valence-electron chi connectivity index (χ0n) is 10.2. The lowest BCUT2D eigenvalue weighted by Gasteiger charge is -2.12. The van der Waals surface area contributed by atoms with E-state index in [1.807, 2.05) is 24.3 Å². The van der Waals surface area contributed by atoms with Gasteiger partial charge in [0.05, 0.1) is 25.2 Å². The average molecular weight is 246 g/mol. The number of carbonyl (C=O) groups excluding carboxylic acids is 1. The molecule has 6 heteroatoms. The lowest BCUT2D eigenvalue weighted by atomic mass is 10.2. The molecule has 0 spiro atoms. The van der Waals surface area contributed by atoms with E-state index in [0.717, 1.165) is 11.4 Å². The molecule has 18 heavy (non-hydrogen) atoms. The van der Waals surface area contributed by atoms with Crippen molar-refractivity contribution in [3.8, 4) is 5.69 Å². The van der Waals surface area contributed by atoms with Gasteiger partial charge in [0, 0.05) is 5.69 Å². The number of hydrogen-bond donors (Lipinski definition) is 1. The van der Waals surface area contributed by atoms with Gasteiger partial charge in [0.2, 0.25) is 0 Å². The molecular weight excluding hydrogens is 232 g/mol. The molecule has 0 fully saturated rings. The number of methoxy groups -OCH3 is 1. The molecule has 0 saturated carbocycles. The van der Waals surface area contributed by atoms with E-state index in [4.69, 9.17) is 0 Å². The quantitative estimate of drug-likeness (QED) is 0.822. The maximum Gasteiger partial charge on any atom is 0.327 e. The van der Waals surface area contributed by atoms with Crippen LogP contribution in [0.5, 0.6) is 0 Å². The zero-order valence-corrected chi connectivity index (χ0v) is 10.2. The second-order valence-electron chi connectivity index (χ2n) is 3.75. The fourth-order valence-electron chi connectivity index (χ4n) is 1.53. The third-order valence-corrected chi connectivity index (χ3v) is 2.45. The van der Waals surface area contributed by atoms with Crippen LogP contribution in [0.4, 0.5) is 5.69 Å². The third kappa shape index (κ3) is 2.65. The number of nitrogens with one attached hydrogen (secondary N) is 1. The third-order valence-electron chi connectivity index (χ3n) is 2.45. The van der Waals surface area contributed by atoms with Crippen molar-refractivity contribution in [1.29, 1.82) is 0 Å². The van der Waals surface area contributed by atoms with Crippen molar-refractivity contribution in [2.75, 3.05) is 12.4 Å². The highest BCUT2D eigenvalue weighted by Crippen LogP contribution is 2.12. The van der Waals surface area contributed by atoms with E-state index in [1.165, 1.54) is 11.9 Å². The minimum atomic E-state index is -0.385. The second-order valence-corrected chi connectivity index (χ2v) is 3.75. The van der Waals surface area contributed by atoms with Gasteiger partial charge in [-0.15, -0.1) is 0 Å². The largest absolute Gasteiger partial charge is 0.467 e. The summed E-state index contributed by atoms with van der Waals surface area (Å²) in [5.74, 6) is -0.298. The lowest BCUT2D eigenvalue weighted by molar-refractivity contribution is -0.141.